The van der Waals surface area contributed by atoms with E-state index in [-0.39, 0.29) is 17.5 Å². The van der Waals surface area contributed by atoms with Crippen LogP contribution in [-0.4, -0.2) is 24.9 Å². The van der Waals surface area contributed by atoms with Crippen molar-refractivity contribution in [1.29, 1.82) is 0 Å². The summed E-state index contributed by atoms with van der Waals surface area (Å²) in [5.41, 5.74) is 1.34. The van der Waals surface area contributed by atoms with Crippen LogP contribution in [0.4, 0.5) is 4.39 Å². The number of rotatable bonds is 10. The van der Waals surface area contributed by atoms with Gasteiger partial charge in [0.1, 0.15) is 5.82 Å². The number of carbonyl (C=O) groups is 1. The molecule has 0 aliphatic rings. The van der Waals surface area contributed by atoms with Gasteiger partial charge in [-0.1, -0.05) is 23.7 Å². The second-order valence-corrected chi connectivity index (χ2v) is 7.01. The Bertz CT molecular complexity index is 753. The Kier molecular flexibility index (Phi) is 8.75. The number of thioether (sulfide) groups is 1. The smallest absolute Gasteiger partial charge is 0.230 e. The summed E-state index contributed by atoms with van der Waals surface area (Å²) in [6.07, 6.45) is 0. The molecule has 146 valence electrons. The number of carbonyl (C=O) groups excluding carboxylic acids is 1. The summed E-state index contributed by atoms with van der Waals surface area (Å²) in [6.45, 7) is 5.29. The van der Waals surface area contributed by atoms with Gasteiger partial charge in [0.15, 0.2) is 11.5 Å². The molecule has 27 heavy (non-hydrogen) atoms. The molecular weight excluding hydrogens is 389 g/mol. The van der Waals surface area contributed by atoms with Crippen LogP contribution in [0, 0.1) is 5.82 Å². The van der Waals surface area contributed by atoms with Crippen molar-refractivity contribution in [1.82, 2.24) is 5.32 Å². The fraction of sp³-hybridized carbons (Fsp3) is 0.350. The van der Waals surface area contributed by atoms with E-state index in [1.165, 1.54) is 17.8 Å². The molecule has 0 aliphatic heterocycles. The normalized spacial score (nSPS) is 10.5. The van der Waals surface area contributed by atoms with Crippen LogP contribution in [0.3, 0.4) is 0 Å². The minimum atomic E-state index is -0.353. The minimum absolute atomic E-state index is 0.126. The molecule has 1 amide bonds. The molecule has 0 heterocycles. The number of hydrogen-bond acceptors (Lipinski definition) is 4. The maximum Gasteiger partial charge on any atom is 0.230 e. The van der Waals surface area contributed by atoms with Gasteiger partial charge < -0.3 is 14.8 Å². The highest BCUT2D eigenvalue weighted by molar-refractivity contribution is 7.99. The second-order valence-electron chi connectivity index (χ2n) is 5.62. The predicted molar refractivity (Wildman–Crippen MR) is 108 cm³/mol. The first kappa shape index (κ1) is 21.4. The third-order valence-electron chi connectivity index (χ3n) is 3.64. The van der Waals surface area contributed by atoms with Crippen molar-refractivity contribution in [2.45, 2.75) is 26.1 Å². The van der Waals surface area contributed by atoms with Crippen molar-refractivity contribution in [3.8, 4) is 11.5 Å². The van der Waals surface area contributed by atoms with Gasteiger partial charge in [0.2, 0.25) is 5.91 Å². The first-order valence-electron chi connectivity index (χ1n) is 8.71. The number of nitrogens with one attached hydrogen (secondary N) is 1. The van der Waals surface area contributed by atoms with E-state index >= 15 is 0 Å². The highest BCUT2D eigenvalue weighted by atomic mass is 35.5. The van der Waals surface area contributed by atoms with E-state index in [1.54, 1.807) is 12.1 Å². The van der Waals surface area contributed by atoms with Crippen LogP contribution in [0.15, 0.2) is 36.4 Å². The van der Waals surface area contributed by atoms with E-state index in [1.807, 2.05) is 32.0 Å². The average molecular weight is 412 g/mol. The van der Waals surface area contributed by atoms with E-state index in [4.69, 9.17) is 21.1 Å². The van der Waals surface area contributed by atoms with Crippen molar-refractivity contribution in [2.24, 2.45) is 0 Å². The van der Waals surface area contributed by atoms with Gasteiger partial charge in [-0.25, -0.2) is 4.39 Å². The molecule has 0 saturated carbocycles. The van der Waals surface area contributed by atoms with Gasteiger partial charge in [0.05, 0.1) is 19.0 Å². The lowest BCUT2D eigenvalue weighted by Crippen LogP contribution is -2.24. The van der Waals surface area contributed by atoms with Crippen LogP contribution in [0.1, 0.15) is 25.0 Å². The highest BCUT2D eigenvalue weighted by Crippen LogP contribution is 2.28. The standard InChI is InChI=1S/C20H23ClFNO3S/c1-3-25-18-9-8-14(10-19(18)26-4-2)11-23-20(24)13-27-12-15-16(21)6-5-7-17(15)22/h5-10H,3-4,11-13H2,1-2H3,(H,23,24). The zero-order valence-corrected chi connectivity index (χ0v) is 17.0. The Morgan fingerprint density at radius 3 is 2.59 bits per heavy atom. The van der Waals surface area contributed by atoms with Gasteiger partial charge >= 0.3 is 0 Å². The van der Waals surface area contributed by atoms with Gasteiger partial charge in [-0.05, 0) is 43.7 Å². The summed E-state index contributed by atoms with van der Waals surface area (Å²) in [4.78, 5) is 12.0. The van der Waals surface area contributed by atoms with E-state index in [0.717, 1.165) is 5.56 Å². The SMILES string of the molecule is CCOc1ccc(CNC(=O)CSCc2c(F)cccc2Cl)cc1OCC. The topological polar surface area (TPSA) is 47.6 Å². The lowest BCUT2D eigenvalue weighted by molar-refractivity contribution is -0.118. The Morgan fingerprint density at radius 1 is 1.15 bits per heavy atom. The zero-order valence-electron chi connectivity index (χ0n) is 15.4. The molecule has 0 aromatic heterocycles. The molecule has 0 fully saturated rings. The molecule has 4 nitrogen and oxygen atoms in total. The summed E-state index contributed by atoms with van der Waals surface area (Å²) in [5, 5.41) is 3.23. The van der Waals surface area contributed by atoms with Gasteiger partial charge in [0.25, 0.3) is 0 Å². The van der Waals surface area contributed by atoms with Crippen molar-refractivity contribution in [3.05, 3.63) is 58.4 Å². The van der Waals surface area contributed by atoms with Crippen LogP contribution in [0.2, 0.25) is 5.02 Å². The number of ether oxygens (including phenoxy) is 2. The van der Waals surface area contributed by atoms with Crippen molar-refractivity contribution < 1.29 is 18.7 Å². The molecule has 0 bridgehead atoms. The molecule has 2 aromatic carbocycles. The second kappa shape index (κ2) is 11.0. The first-order valence-corrected chi connectivity index (χ1v) is 10.2. The third-order valence-corrected chi connectivity index (χ3v) is 4.95. The Morgan fingerprint density at radius 2 is 1.89 bits per heavy atom. The molecule has 0 radical (unpaired) electrons. The lowest BCUT2D eigenvalue weighted by atomic mass is 10.2. The molecule has 0 unspecified atom stereocenters. The maximum absolute atomic E-state index is 13.7. The third kappa shape index (κ3) is 6.63. The molecule has 0 atom stereocenters. The van der Waals surface area contributed by atoms with Crippen LogP contribution >= 0.6 is 23.4 Å². The lowest BCUT2D eigenvalue weighted by Gasteiger charge is -2.13. The summed E-state index contributed by atoms with van der Waals surface area (Å²) in [7, 11) is 0. The van der Waals surface area contributed by atoms with Gasteiger partial charge in [-0.2, -0.15) is 0 Å². The fourth-order valence-corrected chi connectivity index (χ4v) is 3.57. The molecule has 7 heteroatoms. The minimum Gasteiger partial charge on any atom is -0.490 e. The summed E-state index contributed by atoms with van der Waals surface area (Å²) in [6, 6.07) is 10.2. The summed E-state index contributed by atoms with van der Waals surface area (Å²) >= 11 is 7.30. The zero-order chi connectivity index (χ0) is 19.6. The van der Waals surface area contributed by atoms with Crippen LogP contribution in [-0.2, 0) is 17.1 Å². The fourth-order valence-electron chi connectivity index (χ4n) is 2.37. The van der Waals surface area contributed by atoms with Crippen molar-refractivity contribution in [3.63, 3.8) is 0 Å². The van der Waals surface area contributed by atoms with Gasteiger partial charge in [-0.15, -0.1) is 11.8 Å². The van der Waals surface area contributed by atoms with E-state index in [2.05, 4.69) is 5.32 Å². The van der Waals surface area contributed by atoms with E-state index < -0.39 is 0 Å². The molecule has 0 saturated heterocycles. The predicted octanol–water partition coefficient (Wildman–Crippen LogP) is 4.83. The number of hydrogen-bond donors (Lipinski definition) is 1. The number of halogens is 2. The average Bonchev–Trinajstić information content (AvgIpc) is 2.64. The van der Waals surface area contributed by atoms with Crippen LogP contribution in [0.25, 0.3) is 0 Å². The number of benzene rings is 2. The number of amides is 1. The van der Waals surface area contributed by atoms with Crippen LogP contribution in [0.5, 0.6) is 11.5 Å². The molecule has 2 rings (SSSR count). The molecule has 2 aromatic rings. The summed E-state index contributed by atoms with van der Waals surface area (Å²) in [5.74, 6) is 1.44. The molecule has 0 spiro atoms. The quantitative estimate of drug-likeness (QED) is 0.608. The Labute approximate surface area is 168 Å². The molecular formula is C20H23ClFNO3S. The van der Waals surface area contributed by atoms with Gasteiger partial charge in [-0.3, -0.25) is 4.79 Å². The van der Waals surface area contributed by atoms with E-state index in [0.29, 0.717) is 47.6 Å². The van der Waals surface area contributed by atoms with Crippen LogP contribution < -0.4 is 14.8 Å². The Hall–Kier alpha value is -1.92. The van der Waals surface area contributed by atoms with Crippen molar-refractivity contribution in [2.75, 3.05) is 19.0 Å². The highest BCUT2D eigenvalue weighted by Gasteiger charge is 2.10. The van der Waals surface area contributed by atoms with Gasteiger partial charge in [0, 0.05) is 22.9 Å². The molecule has 0 aliphatic carbocycles. The molecule has 1 N–H and O–H groups in total. The first-order chi connectivity index (χ1) is 13.0. The monoisotopic (exact) mass is 411 g/mol. The maximum atomic E-state index is 13.7. The Balaban J connectivity index is 1.83. The van der Waals surface area contributed by atoms with Crippen molar-refractivity contribution >= 4 is 29.3 Å². The summed E-state index contributed by atoms with van der Waals surface area (Å²) < 4.78 is 24.8. The van der Waals surface area contributed by atoms with E-state index in [9.17, 15) is 9.18 Å². The largest absolute Gasteiger partial charge is 0.490 e.